The van der Waals surface area contributed by atoms with Crippen molar-refractivity contribution in [1.82, 2.24) is 0 Å². The largest absolute Gasteiger partial charge is 0.454 e. The number of ether oxygens (including phenoxy) is 1. The normalized spacial score (nSPS) is 10.5. The van der Waals surface area contributed by atoms with Gasteiger partial charge in [0.2, 0.25) is 0 Å². The molecule has 2 rings (SSSR count). The molecule has 0 aliphatic heterocycles. The van der Waals surface area contributed by atoms with Gasteiger partial charge in [0.1, 0.15) is 5.75 Å². The Morgan fingerprint density at radius 3 is 2.33 bits per heavy atom. The van der Waals surface area contributed by atoms with Crippen molar-refractivity contribution in [2.24, 2.45) is 0 Å². The van der Waals surface area contributed by atoms with Gasteiger partial charge in [0.25, 0.3) is 5.69 Å². The number of nitrogens with zero attached hydrogens (tertiary/aromatic N) is 1. The predicted molar refractivity (Wildman–Crippen MR) is 83.9 cm³/mol. The van der Waals surface area contributed by atoms with Crippen LogP contribution in [0.5, 0.6) is 11.5 Å². The van der Waals surface area contributed by atoms with Crippen molar-refractivity contribution in [2.45, 2.75) is 12.8 Å². The van der Waals surface area contributed by atoms with Crippen LogP contribution in [0.2, 0.25) is 10.0 Å². The van der Waals surface area contributed by atoms with Gasteiger partial charge >= 0.3 is 0 Å². The molecule has 21 heavy (non-hydrogen) atoms. The highest BCUT2D eigenvalue weighted by Crippen LogP contribution is 2.40. The average Bonchev–Trinajstić information content (AvgIpc) is 2.44. The van der Waals surface area contributed by atoms with Gasteiger partial charge in [-0.15, -0.1) is 11.6 Å². The summed E-state index contributed by atoms with van der Waals surface area (Å²) < 4.78 is 5.70. The van der Waals surface area contributed by atoms with Crippen LogP contribution in [0.4, 0.5) is 5.69 Å². The minimum Gasteiger partial charge on any atom is -0.454 e. The van der Waals surface area contributed by atoms with E-state index in [4.69, 9.17) is 39.5 Å². The molecule has 0 amide bonds. The number of benzene rings is 2. The van der Waals surface area contributed by atoms with Gasteiger partial charge in [0.15, 0.2) is 5.75 Å². The molecule has 4 nitrogen and oxygen atoms in total. The van der Waals surface area contributed by atoms with Gasteiger partial charge < -0.3 is 4.74 Å². The molecule has 2 aromatic carbocycles. The molecule has 0 atom stereocenters. The molecule has 0 spiro atoms. The van der Waals surface area contributed by atoms with Gasteiger partial charge in [-0.05, 0) is 24.1 Å². The van der Waals surface area contributed by atoms with Crippen molar-refractivity contribution < 1.29 is 9.66 Å². The maximum absolute atomic E-state index is 10.7. The van der Waals surface area contributed by atoms with Gasteiger partial charge in [0, 0.05) is 18.0 Å². The van der Waals surface area contributed by atoms with Crippen LogP contribution in [0.25, 0.3) is 0 Å². The van der Waals surface area contributed by atoms with Crippen molar-refractivity contribution in [1.29, 1.82) is 0 Å². The van der Waals surface area contributed by atoms with Crippen LogP contribution in [0.1, 0.15) is 11.1 Å². The van der Waals surface area contributed by atoms with E-state index in [-0.39, 0.29) is 21.5 Å². The Bertz CT molecular complexity index is 681. The molecule has 110 valence electrons. The summed E-state index contributed by atoms with van der Waals surface area (Å²) >= 11 is 17.8. The number of rotatable bonds is 4. The first-order chi connectivity index (χ1) is 9.92. The number of nitro groups is 1. The molecule has 0 saturated heterocycles. The number of hydrogen-bond acceptors (Lipinski definition) is 3. The quantitative estimate of drug-likeness (QED) is 0.403. The molecule has 0 N–H and O–H groups in total. The molecule has 0 aromatic heterocycles. The summed E-state index contributed by atoms with van der Waals surface area (Å²) in [5, 5.41) is 10.9. The Hall–Kier alpha value is -1.49. The number of aryl methyl sites for hydroxylation is 1. The topological polar surface area (TPSA) is 52.4 Å². The van der Waals surface area contributed by atoms with Crippen LogP contribution in [-0.4, -0.2) is 4.92 Å². The van der Waals surface area contributed by atoms with Crippen LogP contribution < -0.4 is 4.74 Å². The number of halogens is 3. The zero-order chi connectivity index (χ0) is 15.6. The third-order valence-electron chi connectivity index (χ3n) is 2.81. The fourth-order valence-electron chi connectivity index (χ4n) is 1.70. The van der Waals surface area contributed by atoms with Crippen molar-refractivity contribution in [2.75, 3.05) is 0 Å². The standard InChI is InChI=1S/C14H10Cl3NO3/c1-8-2-3-9(7-15)4-13(8)21-14-11(16)5-10(18(19)20)6-12(14)17/h2-6H,7H2,1H3. The zero-order valence-corrected chi connectivity index (χ0v) is 13.2. The molecule has 0 fully saturated rings. The molecule has 0 aliphatic rings. The van der Waals surface area contributed by atoms with E-state index in [2.05, 4.69) is 0 Å². The minimum atomic E-state index is -0.569. The van der Waals surface area contributed by atoms with Crippen LogP contribution in [0.3, 0.4) is 0 Å². The summed E-state index contributed by atoms with van der Waals surface area (Å²) in [4.78, 5) is 10.2. The maximum Gasteiger partial charge on any atom is 0.272 e. The number of nitro benzene ring substituents is 1. The van der Waals surface area contributed by atoms with Crippen LogP contribution in [0, 0.1) is 17.0 Å². The van der Waals surface area contributed by atoms with Crippen molar-refractivity contribution >= 4 is 40.5 Å². The maximum atomic E-state index is 10.7. The Labute approximate surface area is 136 Å². The molecular formula is C14H10Cl3NO3. The molecule has 0 radical (unpaired) electrons. The van der Waals surface area contributed by atoms with Gasteiger partial charge in [-0.25, -0.2) is 0 Å². The number of hydrogen-bond donors (Lipinski definition) is 0. The first-order valence-corrected chi connectivity index (χ1v) is 7.18. The Morgan fingerprint density at radius 2 is 1.81 bits per heavy atom. The lowest BCUT2D eigenvalue weighted by Crippen LogP contribution is -1.93. The van der Waals surface area contributed by atoms with E-state index in [9.17, 15) is 10.1 Å². The Balaban J connectivity index is 2.42. The van der Waals surface area contributed by atoms with E-state index in [1.165, 1.54) is 12.1 Å². The van der Waals surface area contributed by atoms with Gasteiger partial charge in [-0.2, -0.15) is 0 Å². The van der Waals surface area contributed by atoms with Gasteiger partial charge in [0.05, 0.1) is 15.0 Å². The van der Waals surface area contributed by atoms with Gasteiger partial charge in [-0.1, -0.05) is 35.3 Å². The predicted octanol–water partition coefficient (Wildman–Crippen LogP) is 5.74. The highest BCUT2D eigenvalue weighted by molar-refractivity contribution is 6.37. The fraction of sp³-hybridized carbons (Fsp3) is 0.143. The summed E-state index contributed by atoms with van der Waals surface area (Å²) in [6, 6.07) is 7.91. The molecule has 0 saturated carbocycles. The molecule has 7 heteroatoms. The SMILES string of the molecule is Cc1ccc(CCl)cc1Oc1c(Cl)cc([N+](=O)[O-])cc1Cl. The summed E-state index contributed by atoms with van der Waals surface area (Å²) in [7, 11) is 0. The lowest BCUT2D eigenvalue weighted by molar-refractivity contribution is -0.384. The van der Waals surface area contributed by atoms with E-state index < -0.39 is 4.92 Å². The number of non-ortho nitro benzene ring substituents is 1. The highest BCUT2D eigenvalue weighted by atomic mass is 35.5. The first kappa shape index (κ1) is 15.9. The molecule has 0 bridgehead atoms. The Morgan fingerprint density at radius 1 is 1.19 bits per heavy atom. The average molecular weight is 347 g/mol. The lowest BCUT2D eigenvalue weighted by Gasteiger charge is -2.12. The van der Waals surface area contributed by atoms with Crippen LogP contribution in [0.15, 0.2) is 30.3 Å². The monoisotopic (exact) mass is 345 g/mol. The zero-order valence-electron chi connectivity index (χ0n) is 10.9. The summed E-state index contributed by atoms with van der Waals surface area (Å²) in [6.45, 7) is 1.86. The summed E-state index contributed by atoms with van der Waals surface area (Å²) in [5.41, 5.74) is 1.56. The van der Waals surface area contributed by atoms with E-state index in [0.717, 1.165) is 11.1 Å². The van der Waals surface area contributed by atoms with Crippen LogP contribution in [-0.2, 0) is 5.88 Å². The molecule has 0 unspecified atom stereocenters. The third kappa shape index (κ3) is 3.59. The second-order valence-corrected chi connectivity index (χ2v) is 5.41. The number of alkyl halides is 1. The molecule has 2 aromatic rings. The molecule has 0 aliphatic carbocycles. The summed E-state index contributed by atoms with van der Waals surface area (Å²) in [5.74, 6) is 1.07. The van der Waals surface area contributed by atoms with E-state index in [0.29, 0.717) is 11.6 Å². The summed E-state index contributed by atoms with van der Waals surface area (Å²) in [6.07, 6.45) is 0. The van der Waals surface area contributed by atoms with Crippen molar-refractivity contribution in [3.05, 3.63) is 61.6 Å². The molecular weight excluding hydrogens is 337 g/mol. The second kappa shape index (κ2) is 6.52. The fourth-order valence-corrected chi connectivity index (χ4v) is 2.42. The van der Waals surface area contributed by atoms with E-state index in [1.807, 2.05) is 19.1 Å². The first-order valence-electron chi connectivity index (χ1n) is 5.89. The van der Waals surface area contributed by atoms with E-state index in [1.54, 1.807) is 6.07 Å². The molecule has 0 heterocycles. The van der Waals surface area contributed by atoms with Crippen molar-refractivity contribution in [3.8, 4) is 11.5 Å². The Kier molecular flexibility index (Phi) is 4.93. The smallest absolute Gasteiger partial charge is 0.272 e. The highest BCUT2D eigenvalue weighted by Gasteiger charge is 2.17. The van der Waals surface area contributed by atoms with E-state index >= 15 is 0 Å². The second-order valence-electron chi connectivity index (χ2n) is 4.33. The van der Waals surface area contributed by atoms with Gasteiger partial charge in [-0.3, -0.25) is 10.1 Å². The lowest BCUT2D eigenvalue weighted by atomic mass is 10.1. The van der Waals surface area contributed by atoms with Crippen LogP contribution >= 0.6 is 34.8 Å². The third-order valence-corrected chi connectivity index (χ3v) is 3.68. The minimum absolute atomic E-state index is 0.0740. The van der Waals surface area contributed by atoms with Crippen molar-refractivity contribution in [3.63, 3.8) is 0 Å².